The second kappa shape index (κ2) is 3.37. The van der Waals surface area contributed by atoms with Crippen LogP contribution in [0.1, 0.15) is 31.7 Å². The topological polar surface area (TPSA) is 37.3 Å². The summed E-state index contributed by atoms with van der Waals surface area (Å²) < 4.78 is 0. The highest BCUT2D eigenvalue weighted by Gasteiger charge is 2.51. The van der Waals surface area contributed by atoms with E-state index in [0.29, 0.717) is 0 Å². The van der Waals surface area contributed by atoms with E-state index < -0.39 is 5.97 Å². The summed E-state index contributed by atoms with van der Waals surface area (Å²) in [6.45, 7) is 4.29. The molecule has 1 aliphatic carbocycles. The van der Waals surface area contributed by atoms with Gasteiger partial charge < -0.3 is 5.11 Å². The van der Waals surface area contributed by atoms with E-state index >= 15 is 0 Å². The molecule has 0 aliphatic heterocycles. The van der Waals surface area contributed by atoms with Crippen LogP contribution in [-0.4, -0.2) is 11.1 Å². The zero-order valence-electron chi connectivity index (χ0n) is 9.10. The molecular formula is C13H16O2. The van der Waals surface area contributed by atoms with Crippen molar-refractivity contribution in [1.82, 2.24) is 0 Å². The van der Waals surface area contributed by atoms with Crippen molar-refractivity contribution in [3.8, 4) is 0 Å². The summed E-state index contributed by atoms with van der Waals surface area (Å²) >= 11 is 0. The van der Waals surface area contributed by atoms with E-state index in [1.807, 2.05) is 30.3 Å². The molecule has 0 spiro atoms. The molecule has 1 aliphatic rings. The van der Waals surface area contributed by atoms with Crippen LogP contribution in [0.25, 0.3) is 0 Å². The Hall–Kier alpha value is -1.31. The van der Waals surface area contributed by atoms with E-state index in [-0.39, 0.29) is 17.3 Å². The van der Waals surface area contributed by atoms with Crippen molar-refractivity contribution in [3.63, 3.8) is 0 Å². The summed E-state index contributed by atoms with van der Waals surface area (Å²) in [5, 5.41) is 9.10. The lowest BCUT2D eigenvalue weighted by Gasteiger charge is -2.49. The van der Waals surface area contributed by atoms with Gasteiger partial charge in [-0.15, -0.1) is 0 Å². The third-order valence-electron chi connectivity index (χ3n) is 3.47. The lowest BCUT2D eigenvalue weighted by molar-refractivity contribution is -0.151. The van der Waals surface area contributed by atoms with Gasteiger partial charge >= 0.3 is 5.97 Å². The SMILES string of the molecule is CC1(C)CC(C(=O)O)C1c1ccccc1. The van der Waals surface area contributed by atoms with Crippen molar-refractivity contribution in [2.75, 3.05) is 0 Å². The van der Waals surface area contributed by atoms with Crippen molar-refractivity contribution < 1.29 is 9.90 Å². The number of benzene rings is 1. The molecule has 2 unspecified atom stereocenters. The van der Waals surface area contributed by atoms with Gasteiger partial charge in [0.1, 0.15) is 0 Å². The Morgan fingerprint density at radius 2 is 1.93 bits per heavy atom. The lowest BCUT2D eigenvalue weighted by Crippen LogP contribution is -2.45. The quantitative estimate of drug-likeness (QED) is 0.804. The molecular weight excluding hydrogens is 188 g/mol. The van der Waals surface area contributed by atoms with E-state index in [4.69, 9.17) is 5.11 Å². The first kappa shape index (κ1) is 10.2. The molecule has 2 heteroatoms. The molecule has 2 atom stereocenters. The molecule has 0 heterocycles. The van der Waals surface area contributed by atoms with Crippen molar-refractivity contribution >= 4 is 5.97 Å². The predicted octanol–water partition coefficient (Wildman–Crippen LogP) is 2.90. The Labute approximate surface area is 89.9 Å². The average molecular weight is 204 g/mol. The number of rotatable bonds is 2. The molecule has 0 aromatic heterocycles. The number of carboxylic acids is 1. The largest absolute Gasteiger partial charge is 0.481 e. The fourth-order valence-corrected chi connectivity index (χ4v) is 2.77. The first-order valence-corrected chi connectivity index (χ1v) is 5.30. The van der Waals surface area contributed by atoms with Crippen molar-refractivity contribution in [2.24, 2.45) is 11.3 Å². The Balaban J connectivity index is 2.29. The lowest BCUT2D eigenvalue weighted by atomic mass is 9.53. The average Bonchev–Trinajstić information content (AvgIpc) is 2.16. The highest BCUT2D eigenvalue weighted by Crippen LogP contribution is 2.56. The molecule has 0 bridgehead atoms. The van der Waals surface area contributed by atoms with E-state index in [1.165, 1.54) is 0 Å². The molecule has 1 fully saturated rings. The monoisotopic (exact) mass is 204 g/mol. The van der Waals surface area contributed by atoms with Gasteiger partial charge in [-0.05, 0) is 17.4 Å². The summed E-state index contributed by atoms with van der Waals surface area (Å²) in [4.78, 5) is 11.1. The summed E-state index contributed by atoms with van der Waals surface area (Å²) in [7, 11) is 0. The third kappa shape index (κ3) is 1.65. The standard InChI is InChI=1S/C13H16O2/c1-13(2)8-10(12(14)15)11(13)9-6-4-3-5-7-9/h3-7,10-11H,8H2,1-2H3,(H,14,15). The van der Waals surface area contributed by atoms with E-state index in [2.05, 4.69) is 13.8 Å². The van der Waals surface area contributed by atoms with Crippen molar-refractivity contribution in [2.45, 2.75) is 26.2 Å². The number of aliphatic carboxylic acids is 1. The maximum atomic E-state index is 11.1. The Morgan fingerprint density at radius 3 is 2.40 bits per heavy atom. The minimum Gasteiger partial charge on any atom is -0.481 e. The molecule has 80 valence electrons. The van der Waals surface area contributed by atoms with E-state index in [0.717, 1.165) is 12.0 Å². The van der Waals surface area contributed by atoms with Crippen LogP contribution in [-0.2, 0) is 4.79 Å². The normalized spacial score (nSPS) is 28.1. The molecule has 1 saturated carbocycles. The maximum Gasteiger partial charge on any atom is 0.307 e. The number of carbonyl (C=O) groups is 1. The molecule has 2 nitrogen and oxygen atoms in total. The van der Waals surface area contributed by atoms with Gasteiger partial charge in [0.15, 0.2) is 0 Å². The minimum absolute atomic E-state index is 0.115. The molecule has 1 N–H and O–H groups in total. The smallest absolute Gasteiger partial charge is 0.307 e. The van der Waals surface area contributed by atoms with Gasteiger partial charge in [0, 0.05) is 5.92 Å². The van der Waals surface area contributed by atoms with Gasteiger partial charge in [0.25, 0.3) is 0 Å². The van der Waals surface area contributed by atoms with E-state index in [1.54, 1.807) is 0 Å². The van der Waals surface area contributed by atoms with Crippen LogP contribution in [0.3, 0.4) is 0 Å². The van der Waals surface area contributed by atoms with Crippen molar-refractivity contribution in [1.29, 1.82) is 0 Å². The zero-order valence-corrected chi connectivity index (χ0v) is 9.10. The van der Waals surface area contributed by atoms with Gasteiger partial charge in [0.2, 0.25) is 0 Å². The zero-order chi connectivity index (χ0) is 11.1. The summed E-state index contributed by atoms with van der Waals surface area (Å²) in [5.41, 5.74) is 1.27. The molecule has 2 rings (SSSR count). The molecule has 1 aromatic rings. The molecule has 0 radical (unpaired) electrons. The first-order chi connectivity index (χ1) is 7.02. The second-order valence-electron chi connectivity index (χ2n) is 5.03. The van der Waals surface area contributed by atoms with Gasteiger partial charge in [-0.1, -0.05) is 44.2 Å². The predicted molar refractivity (Wildman–Crippen MR) is 58.7 cm³/mol. The van der Waals surface area contributed by atoms with Gasteiger partial charge in [-0.2, -0.15) is 0 Å². The van der Waals surface area contributed by atoms with Crippen LogP contribution >= 0.6 is 0 Å². The highest BCUT2D eigenvalue weighted by atomic mass is 16.4. The fraction of sp³-hybridized carbons (Fsp3) is 0.462. The molecule has 1 aromatic carbocycles. The Kier molecular flexibility index (Phi) is 2.29. The maximum absolute atomic E-state index is 11.1. The van der Waals surface area contributed by atoms with Gasteiger partial charge in [-0.25, -0.2) is 0 Å². The molecule has 15 heavy (non-hydrogen) atoms. The van der Waals surface area contributed by atoms with Crippen molar-refractivity contribution in [3.05, 3.63) is 35.9 Å². The summed E-state index contributed by atoms with van der Waals surface area (Å²) in [5.74, 6) is -0.707. The van der Waals surface area contributed by atoms with Crippen LogP contribution in [0, 0.1) is 11.3 Å². The van der Waals surface area contributed by atoms with Crippen LogP contribution in [0.15, 0.2) is 30.3 Å². The first-order valence-electron chi connectivity index (χ1n) is 5.30. The van der Waals surface area contributed by atoms with Gasteiger partial charge in [-0.3, -0.25) is 4.79 Å². The van der Waals surface area contributed by atoms with Crippen LogP contribution in [0.4, 0.5) is 0 Å². The Morgan fingerprint density at radius 1 is 1.33 bits per heavy atom. The number of hydrogen-bond acceptors (Lipinski definition) is 1. The van der Waals surface area contributed by atoms with E-state index in [9.17, 15) is 4.79 Å². The third-order valence-corrected chi connectivity index (χ3v) is 3.47. The second-order valence-corrected chi connectivity index (χ2v) is 5.03. The van der Waals surface area contributed by atoms with Gasteiger partial charge in [0.05, 0.1) is 5.92 Å². The van der Waals surface area contributed by atoms with Crippen LogP contribution < -0.4 is 0 Å². The summed E-state index contributed by atoms with van der Waals surface area (Å²) in [6, 6.07) is 9.97. The fourth-order valence-electron chi connectivity index (χ4n) is 2.77. The molecule has 0 amide bonds. The molecule has 0 saturated heterocycles. The van der Waals surface area contributed by atoms with Crippen LogP contribution in [0.2, 0.25) is 0 Å². The summed E-state index contributed by atoms with van der Waals surface area (Å²) in [6.07, 6.45) is 0.780. The number of hydrogen-bond donors (Lipinski definition) is 1. The Bertz CT molecular complexity index is 367. The highest BCUT2D eigenvalue weighted by molar-refractivity contribution is 5.73. The van der Waals surface area contributed by atoms with Crippen LogP contribution in [0.5, 0.6) is 0 Å². The number of carboxylic acid groups (broad SMARTS) is 1. The minimum atomic E-state index is -0.664.